The van der Waals surface area contributed by atoms with Gasteiger partial charge in [-0.3, -0.25) is 4.90 Å². The Morgan fingerprint density at radius 1 is 0.900 bits per heavy atom. The Balaban J connectivity index is 2.14. The monoisotopic (exact) mass is 268 g/mol. The van der Waals surface area contributed by atoms with E-state index in [4.69, 9.17) is 5.73 Å². The van der Waals surface area contributed by atoms with Gasteiger partial charge in [0.2, 0.25) is 0 Å². The SMILES string of the molecule is CCN(Cc1ccccc1C)Cc1cccc(N)c1C. The summed E-state index contributed by atoms with van der Waals surface area (Å²) in [4.78, 5) is 2.45. The molecule has 2 heteroatoms. The van der Waals surface area contributed by atoms with E-state index in [0.717, 1.165) is 25.3 Å². The Hall–Kier alpha value is -1.80. The van der Waals surface area contributed by atoms with Crippen LogP contribution in [0.1, 0.15) is 29.2 Å². The summed E-state index contributed by atoms with van der Waals surface area (Å²) in [7, 11) is 0. The summed E-state index contributed by atoms with van der Waals surface area (Å²) in [5.74, 6) is 0. The van der Waals surface area contributed by atoms with Gasteiger partial charge in [-0.1, -0.05) is 43.3 Å². The molecule has 0 bridgehead atoms. The van der Waals surface area contributed by atoms with Crippen LogP contribution in [-0.2, 0) is 13.1 Å². The molecule has 0 heterocycles. The zero-order chi connectivity index (χ0) is 14.5. The van der Waals surface area contributed by atoms with E-state index in [2.05, 4.69) is 56.0 Å². The summed E-state index contributed by atoms with van der Waals surface area (Å²) in [5.41, 5.74) is 12.2. The van der Waals surface area contributed by atoms with E-state index in [1.165, 1.54) is 22.3 Å². The first-order valence-corrected chi connectivity index (χ1v) is 7.22. The summed E-state index contributed by atoms with van der Waals surface area (Å²) < 4.78 is 0. The molecule has 0 aliphatic rings. The van der Waals surface area contributed by atoms with Crippen LogP contribution in [0.15, 0.2) is 42.5 Å². The minimum atomic E-state index is 0.884. The van der Waals surface area contributed by atoms with E-state index >= 15 is 0 Å². The van der Waals surface area contributed by atoms with Crippen molar-refractivity contribution >= 4 is 5.69 Å². The van der Waals surface area contributed by atoms with Gasteiger partial charge in [0.1, 0.15) is 0 Å². The number of aryl methyl sites for hydroxylation is 1. The topological polar surface area (TPSA) is 29.3 Å². The summed E-state index contributed by atoms with van der Waals surface area (Å²) in [6.45, 7) is 9.45. The van der Waals surface area contributed by atoms with Gasteiger partial charge in [0, 0.05) is 18.8 Å². The molecule has 0 radical (unpaired) electrons. The Morgan fingerprint density at radius 2 is 1.55 bits per heavy atom. The Labute approximate surface area is 122 Å². The van der Waals surface area contributed by atoms with Crippen LogP contribution < -0.4 is 5.73 Å². The van der Waals surface area contributed by atoms with E-state index in [1.807, 2.05) is 12.1 Å². The maximum atomic E-state index is 6.00. The highest BCUT2D eigenvalue weighted by Crippen LogP contribution is 2.19. The lowest BCUT2D eigenvalue weighted by Gasteiger charge is -2.23. The summed E-state index contributed by atoms with van der Waals surface area (Å²) in [5, 5.41) is 0. The van der Waals surface area contributed by atoms with Crippen LogP contribution in [0.3, 0.4) is 0 Å². The number of benzene rings is 2. The zero-order valence-corrected chi connectivity index (χ0v) is 12.7. The Bertz CT molecular complexity index is 575. The van der Waals surface area contributed by atoms with Crippen LogP contribution in [0.25, 0.3) is 0 Å². The molecule has 2 aromatic carbocycles. The van der Waals surface area contributed by atoms with Crippen LogP contribution in [-0.4, -0.2) is 11.4 Å². The van der Waals surface area contributed by atoms with Crippen molar-refractivity contribution in [2.75, 3.05) is 12.3 Å². The molecule has 0 aliphatic heterocycles. The molecule has 20 heavy (non-hydrogen) atoms. The third-order valence-electron chi connectivity index (χ3n) is 3.98. The van der Waals surface area contributed by atoms with Gasteiger partial charge < -0.3 is 5.73 Å². The highest BCUT2D eigenvalue weighted by atomic mass is 15.1. The van der Waals surface area contributed by atoms with Crippen molar-refractivity contribution in [1.29, 1.82) is 0 Å². The fourth-order valence-corrected chi connectivity index (χ4v) is 2.42. The predicted octanol–water partition coefficient (Wildman–Crippen LogP) is 3.91. The number of hydrogen-bond donors (Lipinski definition) is 1. The normalized spacial score (nSPS) is 11.0. The molecule has 0 saturated carbocycles. The summed E-state index contributed by atoms with van der Waals surface area (Å²) in [6.07, 6.45) is 0. The van der Waals surface area contributed by atoms with Gasteiger partial charge in [0.15, 0.2) is 0 Å². The van der Waals surface area contributed by atoms with Crippen molar-refractivity contribution in [1.82, 2.24) is 4.90 Å². The molecule has 0 atom stereocenters. The largest absolute Gasteiger partial charge is 0.399 e. The van der Waals surface area contributed by atoms with Gasteiger partial charge in [-0.15, -0.1) is 0 Å². The molecule has 0 saturated heterocycles. The maximum Gasteiger partial charge on any atom is 0.0346 e. The van der Waals surface area contributed by atoms with E-state index in [1.54, 1.807) is 0 Å². The lowest BCUT2D eigenvalue weighted by Crippen LogP contribution is -2.23. The molecular weight excluding hydrogens is 244 g/mol. The molecule has 2 N–H and O–H groups in total. The quantitative estimate of drug-likeness (QED) is 0.833. The van der Waals surface area contributed by atoms with Gasteiger partial charge in [-0.2, -0.15) is 0 Å². The van der Waals surface area contributed by atoms with Crippen LogP contribution in [0, 0.1) is 13.8 Å². The molecule has 2 rings (SSSR count). The molecule has 0 fully saturated rings. The minimum absolute atomic E-state index is 0.884. The number of nitrogen functional groups attached to an aromatic ring is 1. The molecule has 0 spiro atoms. The first kappa shape index (κ1) is 14.6. The molecule has 0 aliphatic carbocycles. The lowest BCUT2D eigenvalue weighted by atomic mass is 10.1. The van der Waals surface area contributed by atoms with Crippen LogP contribution in [0.4, 0.5) is 5.69 Å². The van der Waals surface area contributed by atoms with Crippen molar-refractivity contribution in [3.63, 3.8) is 0 Å². The highest BCUT2D eigenvalue weighted by Gasteiger charge is 2.09. The third kappa shape index (κ3) is 3.40. The van der Waals surface area contributed by atoms with Gasteiger partial charge >= 0.3 is 0 Å². The van der Waals surface area contributed by atoms with Crippen LogP contribution in [0.5, 0.6) is 0 Å². The van der Waals surface area contributed by atoms with E-state index in [0.29, 0.717) is 0 Å². The van der Waals surface area contributed by atoms with Crippen LogP contribution in [0.2, 0.25) is 0 Å². The minimum Gasteiger partial charge on any atom is -0.399 e. The molecule has 2 aromatic rings. The second-order valence-corrected chi connectivity index (χ2v) is 5.36. The van der Waals surface area contributed by atoms with Crippen molar-refractivity contribution in [3.8, 4) is 0 Å². The standard InChI is InChI=1S/C18H24N2/c1-4-20(12-16-9-6-5-8-14(16)2)13-17-10-7-11-18(19)15(17)3/h5-11H,4,12-13,19H2,1-3H3. The number of anilines is 1. The Kier molecular flexibility index (Phi) is 4.80. The first-order valence-electron chi connectivity index (χ1n) is 7.22. The third-order valence-corrected chi connectivity index (χ3v) is 3.98. The summed E-state index contributed by atoms with van der Waals surface area (Å²) in [6, 6.07) is 14.8. The van der Waals surface area contributed by atoms with E-state index in [-0.39, 0.29) is 0 Å². The van der Waals surface area contributed by atoms with E-state index < -0.39 is 0 Å². The first-order chi connectivity index (χ1) is 9.61. The fourth-order valence-electron chi connectivity index (χ4n) is 2.42. The van der Waals surface area contributed by atoms with Crippen molar-refractivity contribution in [2.45, 2.75) is 33.9 Å². The van der Waals surface area contributed by atoms with Gasteiger partial charge in [0.05, 0.1) is 0 Å². The van der Waals surface area contributed by atoms with Crippen molar-refractivity contribution in [2.24, 2.45) is 0 Å². The second-order valence-electron chi connectivity index (χ2n) is 5.36. The Morgan fingerprint density at radius 3 is 2.25 bits per heavy atom. The average Bonchev–Trinajstić information content (AvgIpc) is 2.45. The van der Waals surface area contributed by atoms with Crippen molar-refractivity contribution in [3.05, 3.63) is 64.7 Å². The van der Waals surface area contributed by atoms with E-state index in [9.17, 15) is 0 Å². The molecular formula is C18H24N2. The molecule has 106 valence electrons. The number of nitrogens with two attached hydrogens (primary N) is 1. The molecule has 0 amide bonds. The molecule has 0 aromatic heterocycles. The maximum absolute atomic E-state index is 6.00. The fraction of sp³-hybridized carbons (Fsp3) is 0.333. The predicted molar refractivity (Wildman–Crippen MR) is 86.6 cm³/mol. The lowest BCUT2D eigenvalue weighted by molar-refractivity contribution is 0.270. The molecule has 2 nitrogen and oxygen atoms in total. The van der Waals surface area contributed by atoms with Crippen molar-refractivity contribution < 1.29 is 0 Å². The molecule has 0 unspecified atom stereocenters. The number of hydrogen-bond acceptors (Lipinski definition) is 2. The highest BCUT2D eigenvalue weighted by molar-refractivity contribution is 5.49. The van der Waals surface area contributed by atoms with Gasteiger partial charge in [-0.25, -0.2) is 0 Å². The van der Waals surface area contributed by atoms with Gasteiger partial charge in [-0.05, 0) is 48.7 Å². The van der Waals surface area contributed by atoms with Crippen LogP contribution >= 0.6 is 0 Å². The van der Waals surface area contributed by atoms with Gasteiger partial charge in [0.25, 0.3) is 0 Å². The zero-order valence-electron chi connectivity index (χ0n) is 12.7. The summed E-state index contributed by atoms with van der Waals surface area (Å²) >= 11 is 0. The smallest absolute Gasteiger partial charge is 0.0346 e. The second kappa shape index (κ2) is 6.58. The number of rotatable bonds is 5. The average molecular weight is 268 g/mol. The number of nitrogens with zero attached hydrogens (tertiary/aromatic N) is 1.